The molecule has 0 fully saturated rings. The molecule has 1 atom stereocenters. The van der Waals surface area contributed by atoms with E-state index in [1.807, 2.05) is 0 Å². The summed E-state index contributed by atoms with van der Waals surface area (Å²) in [4.78, 5) is 0. The highest BCUT2D eigenvalue weighted by molar-refractivity contribution is 6.46. The van der Waals surface area contributed by atoms with E-state index in [-0.39, 0.29) is 7.12 Å². The lowest BCUT2D eigenvalue weighted by Crippen LogP contribution is -2.31. The van der Waals surface area contributed by atoms with Crippen LogP contribution in [0.25, 0.3) is 0 Å². The van der Waals surface area contributed by atoms with E-state index in [0.29, 0.717) is 5.82 Å². The number of hydrogen-bond acceptors (Lipinski definition) is 2. The highest BCUT2D eigenvalue weighted by Crippen LogP contribution is 2.32. The van der Waals surface area contributed by atoms with Gasteiger partial charge in [0.1, 0.15) is 0 Å². The van der Waals surface area contributed by atoms with Crippen molar-refractivity contribution in [1.82, 2.24) is 0 Å². The van der Waals surface area contributed by atoms with Gasteiger partial charge in [0.2, 0.25) is 0 Å². The van der Waals surface area contributed by atoms with E-state index in [4.69, 9.17) is 9.31 Å². The molecular formula is C15H29BO2. The monoisotopic (exact) mass is 252 g/mol. The Morgan fingerprint density at radius 3 is 2.28 bits per heavy atom. The van der Waals surface area contributed by atoms with Gasteiger partial charge in [0, 0.05) is 13.2 Å². The predicted octanol–water partition coefficient (Wildman–Crippen LogP) is 4.61. The van der Waals surface area contributed by atoms with Crippen LogP contribution >= 0.6 is 0 Å². The predicted molar refractivity (Wildman–Crippen MR) is 78.8 cm³/mol. The molecule has 0 radical (unpaired) electrons. The SMILES string of the molecule is CCCCOB(OCCCC)C1CCC=C(C)C1. The number of hydrogen-bond donors (Lipinski definition) is 0. The molecule has 0 aromatic carbocycles. The van der Waals surface area contributed by atoms with E-state index in [0.717, 1.165) is 32.5 Å². The maximum absolute atomic E-state index is 5.97. The summed E-state index contributed by atoms with van der Waals surface area (Å²) in [5.41, 5.74) is 1.49. The van der Waals surface area contributed by atoms with Crippen molar-refractivity contribution in [3.63, 3.8) is 0 Å². The van der Waals surface area contributed by atoms with Crippen molar-refractivity contribution >= 4 is 7.12 Å². The standard InChI is InChI=1S/C15H29BO2/c1-4-6-11-17-16(18-12-7-5-2)15-10-8-9-14(3)13-15/h9,15H,4-8,10-13H2,1-3H3. The molecule has 0 aromatic heterocycles. The lowest BCUT2D eigenvalue weighted by Gasteiger charge is -2.26. The summed E-state index contributed by atoms with van der Waals surface area (Å²) in [6, 6.07) is 0. The van der Waals surface area contributed by atoms with Crippen molar-refractivity contribution < 1.29 is 9.31 Å². The van der Waals surface area contributed by atoms with Crippen LogP contribution in [-0.2, 0) is 9.31 Å². The van der Waals surface area contributed by atoms with Gasteiger partial charge in [-0.1, -0.05) is 38.3 Å². The van der Waals surface area contributed by atoms with Gasteiger partial charge in [0.05, 0.1) is 0 Å². The summed E-state index contributed by atoms with van der Waals surface area (Å²) >= 11 is 0. The Morgan fingerprint density at radius 1 is 1.17 bits per heavy atom. The van der Waals surface area contributed by atoms with Gasteiger partial charge >= 0.3 is 7.12 Å². The number of unbranched alkanes of at least 4 members (excludes halogenated alkanes) is 2. The number of rotatable bonds is 9. The maximum Gasteiger partial charge on any atom is 0.460 e. The van der Waals surface area contributed by atoms with Crippen LogP contribution in [0.4, 0.5) is 0 Å². The van der Waals surface area contributed by atoms with Crippen LogP contribution < -0.4 is 0 Å². The summed E-state index contributed by atoms with van der Waals surface area (Å²) in [7, 11) is 0.0201. The van der Waals surface area contributed by atoms with E-state index < -0.39 is 0 Å². The molecule has 0 aromatic rings. The Labute approximate surface area is 113 Å². The van der Waals surface area contributed by atoms with Gasteiger partial charge in [0.25, 0.3) is 0 Å². The molecule has 0 saturated heterocycles. The summed E-state index contributed by atoms with van der Waals surface area (Å²) in [5.74, 6) is 0.559. The first-order valence-corrected chi connectivity index (χ1v) is 7.66. The lowest BCUT2D eigenvalue weighted by molar-refractivity contribution is 0.180. The molecule has 0 bridgehead atoms. The van der Waals surface area contributed by atoms with Gasteiger partial charge in [0.15, 0.2) is 0 Å². The third-order valence-electron chi connectivity index (χ3n) is 3.56. The third kappa shape index (κ3) is 6.06. The zero-order valence-corrected chi connectivity index (χ0v) is 12.4. The van der Waals surface area contributed by atoms with Crippen LogP contribution in [0.2, 0.25) is 5.82 Å². The first-order valence-electron chi connectivity index (χ1n) is 7.66. The molecule has 0 N–H and O–H groups in total. The van der Waals surface area contributed by atoms with E-state index in [1.54, 1.807) is 0 Å². The van der Waals surface area contributed by atoms with E-state index >= 15 is 0 Å². The van der Waals surface area contributed by atoms with Gasteiger partial charge < -0.3 is 9.31 Å². The Kier molecular flexibility index (Phi) is 8.44. The average molecular weight is 252 g/mol. The van der Waals surface area contributed by atoms with E-state index in [9.17, 15) is 0 Å². The van der Waals surface area contributed by atoms with Gasteiger partial charge in [-0.05, 0) is 44.8 Å². The Morgan fingerprint density at radius 2 is 1.78 bits per heavy atom. The van der Waals surface area contributed by atoms with Crippen molar-refractivity contribution in [2.45, 2.75) is 71.5 Å². The van der Waals surface area contributed by atoms with Gasteiger partial charge in [-0.15, -0.1) is 0 Å². The molecule has 3 heteroatoms. The second-order valence-electron chi connectivity index (χ2n) is 5.41. The quantitative estimate of drug-likeness (QED) is 0.339. The highest BCUT2D eigenvalue weighted by Gasteiger charge is 2.31. The van der Waals surface area contributed by atoms with Crippen molar-refractivity contribution in [3.8, 4) is 0 Å². The second kappa shape index (κ2) is 9.63. The Bertz CT molecular complexity index is 231. The summed E-state index contributed by atoms with van der Waals surface area (Å²) < 4.78 is 11.9. The lowest BCUT2D eigenvalue weighted by atomic mass is 9.64. The highest BCUT2D eigenvalue weighted by atomic mass is 16.6. The van der Waals surface area contributed by atoms with Gasteiger partial charge in [-0.2, -0.15) is 0 Å². The smallest absolute Gasteiger partial charge is 0.411 e. The molecule has 0 spiro atoms. The summed E-state index contributed by atoms with van der Waals surface area (Å²) in [6.45, 7) is 8.30. The summed E-state index contributed by atoms with van der Waals surface area (Å²) in [6.07, 6.45) is 10.5. The zero-order chi connectivity index (χ0) is 13.2. The molecule has 1 rings (SSSR count). The molecule has 0 heterocycles. The minimum Gasteiger partial charge on any atom is -0.411 e. The van der Waals surface area contributed by atoms with Crippen molar-refractivity contribution in [1.29, 1.82) is 0 Å². The normalized spacial score (nSPS) is 19.7. The first kappa shape index (κ1) is 15.8. The molecule has 1 aliphatic rings. The van der Waals surface area contributed by atoms with Gasteiger partial charge in [-0.25, -0.2) is 0 Å². The van der Waals surface area contributed by atoms with Crippen LogP contribution in [0.1, 0.15) is 65.7 Å². The summed E-state index contributed by atoms with van der Waals surface area (Å²) in [5, 5.41) is 0. The maximum atomic E-state index is 5.97. The van der Waals surface area contributed by atoms with Crippen LogP contribution in [0.5, 0.6) is 0 Å². The second-order valence-corrected chi connectivity index (χ2v) is 5.41. The van der Waals surface area contributed by atoms with E-state index in [2.05, 4.69) is 26.8 Å². The van der Waals surface area contributed by atoms with Gasteiger partial charge in [-0.3, -0.25) is 0 Å². The molecule has 0 aliphatic heterocycles. The molecule has 18 heavy (non-hydrogen) atoms. The Hall–Kier alpha value is -0.275. The molecular weight excluding hydrogens is 223 g/mol. The minimum absolute atomic E-state index is 0.0201. The molecule has 1 unspecified atom stereocenters. The molecule has 1 aliphatic carbocycles. The van der Waals surface area contributed by atoms with Crippen LogP contribution in [0.3, 0.4) is 0 Å². The molecule has 0 amide bonds. The molecule has 0 saturated carbocycles. The first-order chi connectivity index (χ1) is 8.77. The molecule has 104 valence electrons. The van der Waals surface area contributed by atoms with Crippen molar-refractivity contribution in [3.05, 3.63) is 11.6 Å². The average Bonchev–Trinajstić information content (AvgIpc) is 2.37. The Balaban J connectivity index is 2.39. The van der Waals surface area contributed by atoms with E-state index in [1.165, 1.54) is 31.3 Å². The van der Waals surface area contributed by atoms with Crippen LogP contribution in [0.15, 0.2) is 11.6 Å². The fourth-order valence-electron chi connectivity index (χ4n) is 2.38. The fraction of sp³-hybridized carbons (Fsp3) is 0.867. The van der Waals surface area contributed by atoms with Crippen molar-refractivity contribution in [2.24, 2.45) is 0 Å². The third-order valence-corrected chi connectivity index (χ3v) is 3.56. The topological polar surface area (TPSA) is 18.5 Å². The largest absolute Gasteiger partial charge is 0.460 e. The minimum atomic E-state index is 0.0201. The van der Waals surface area contributed by atoms with Crippen LogP contribution in [-0.4, -0.2) is 20.3 Å². The number of allylic oxidation sites excluding steroid dienone is 2. The van der Waals surface area contributed by atoms with Crippen LogP contribution in [0, 0.1) is 0 Å². The molecule has 2 nitrogen and oxygen atoms in total. The van der Waals surface area contributed by atoms with Crippen molar-refractivity contribution in [2.75, 3.05) is 13.2 Å². The fourth-order valence-corrected chi connectivity index (χ4v) is 2.38. The zero-order valence-electron chi connectivity index (χ0n) is 12.4.